The number of benzene rings is 11. The molecular weight excluding hydrogens is 835 g/mol. The summed E-state index contributed by atoms with van der Waals surface area (Å²) in [5.74, 6) is 0. The highest BCUT2D eigenvalue weighted by molar-refractivity contribution is 6.14. The summed E-state index contributed by atoms with van der Waals surface area (Å²) < 4.78 is 4.85. The van der Waals surface area contributed by atoms with Crippen LogP contribution in [0.25, 0.3) is 99.5 Å². The summed E-state index contributed by atoms with van der Waals surface area (Å²) in [6.07, 6.45) is 0. The first-order chi connectivity index (χ1) is 34.3. The van der Waals surface area contributed by atoms with Crippen molar-refractivity contribution in [1.29, 1.82) is 0 Å². The number of aromatic nitrogens is 2. The van der Waals surface area contributed by atoms with Gasteiger partial charge in [0.1, 0.15) is 0 Å². The molecular formula is C66H45N3. The fraction of sp³-hybridized carbons (Fsp3) is 0. The largest absolute Gasteiger partial charge is 0.309 e. The lowest BCUT2D eigenvalue weighted by Gasteiger charge is -2.29. The Morgan fingerprint density at radius 3 is 1.22 bits per heavy atom. The van der Waals surface area contributed by atoms with Gasteiger partial charge in [-0.15, -0.1) is 0 Å². The van der Waals surface area contributed by atoms with Crippen LogP contribution >= 0.6 is 0 Å². The summed E-state index contributed by atoms with van der Waals surface area (Å²) in [5, 5.41) is 4.95. The van der Waals surface area contributed by atoms with Gasteiger partial charge in [0.2, 0.25) is 0 Å². The fourth-order valence-electron chi connectivity index (χ4n) is 10.7. The first-order valence-corrected chi connectivity index (χ1v) is 23.7. The van der Waals surface area contributed by atoms with Gasteiger partial charge in [0.15, 0.2) is 0 Å². The Bertz CT molecular complexity index is 3940. The molecule has 69 heavy (non-hydrogen) atoms. The quantitative estimate of drug-likeness (QED) is 0.141. The molecule has 0 amide bonds. The van der Waals surface area contributed by atoms with Gasteiger partial charge in [-0.25, -0.2) is 0 Å². The van der Waals surface area contributed by atoms with Gasteiger partial charge in [0.05, 0.1) is 33.4 Å². The molecule has 0 N–H and O–H groups in total. The summed E-state index contributed by atoms with van der Waals surface area (Å²) >= 11 is 0. The number of rotatable bonds is 9. The summed E-state index contributed by atoms with van der Waals surface area (Å²) in [7, 11) is 0. The molecule has 0 spiro atoms. The number of fused-ring (bicyclic) bond motifs is 6. The van der Waals surface area contributed by atoms with Crippen molar-refractivity contribution >= 4 is 60.7 Å². The molecule has 0 atom stereocenters. The smallest absolute Gasteiger partial charge is 0.0702 e. The van der Waals surface area contributed by atoms with E-state index in [2.05, 4.69) is 287 Å². The van der Waals surface area contributed by atoms with Crippen LogP contribution in [0.15, 0.2) is 273 Å². The third kappa shape index (κ3) is 6.82. The van der Waals surface area contributed by atoms with Gasteiger partial charge in [0.25, 0.3) is 0 Å². The van der Waals surface area contributed by atoms with E-state index in [-0.39, 0.29) is 0 Å². The number of hydrogen-bond acceptors (Lipinski definition) is 1. The average Bonchev–Trinajstić information content (AvgIpc) is 3.95. The van der Waals surface area contributed by atoms with Gasteiger partial charge in [0, 0.05) is 44.2 Å². The van der Waals surface area contributed by atoms with E-state index < -0.39 is 0 Å². The summed E-state index contributed by atoms with van der Waals surface area (Å²) in [4.78, 5) is 2.42. The highest BCUT2D eigenvalue weighted by Gasteiger charge is 2.22. The molecule has 2 aromatic heterocycles. The monoisotopic (exact) mass is 879 g/mol. The predicted molar refractivity (Wildman–Crippen MR) is 292 cm³/mol. The maximum atomic E-state index is 2.43. The third-order valence-electron chi connectivity index (χ3n) is 13.8. The molecule has 324 valence electrons. The topological polar surface area (TPSA) is 13.1 Å². The van der Waals surface area contributed by atoms with Crippen LogP contribution in [0.1, 0.15) is 0 Å². The first-order valence-electron chi connectivity index (χ1n) is 23.7. The van der Waals surface area contributed by atoms with Gasteiger partial charge in [-0.05, 0) is 106 Å². The number of anilines is 3. The molecule has 13 aromatic rings. The SMILES string of the molecule is c1ccc(-c2ccccc2-c2ccccc2-c2ccc(N(c3ccc(-c4cccc5c6ccccc6n(-c6ccccc6)c45)cc3)c3ccccc3-n3c4ccccc4c4ccccc43)cc2)cc1. The maximum absolute atomic E-state index is 2.43. The average molecular weight is 880 g/mol. The van der Waals surface area contributed by atoms with E-state index in [0.29, 0.717) is 0 Å². The number of hydrogen-bond donors (Lipinski definition) is 0. The number of para-hydroxylation sites is 7. The maximum Gasteiger partial charge on any atom is 0.0702 e. The molecule has 2 heterocycles. The van der Waals surface area contributed by atoms with E-state index in [9.17, 15) is 0 Å². The molecule has 11 aromatic carbocycles. The van der Waals surface area contributed by atoms with Crippen LogP contribution in [0.4, 0.5) is 17.1 Å². The molecule has 3 heteroatoms. The van der Waals surface area contributed by atoms with Crippen LogP contribution in [0, 0.1) is 0 Å². The molecule has 0 radical (unpaired) electrons. The van der Waals surface area contributed by atoms with E-state index in [1.54, 1.807) is 0 Å². The Morgan fingerprint density at radius 2 is 0.638 bits per heavy atom. The van der Waals surface area contributed by atoms with Crippen LogP contribution in [-0.2, 0) is 0 Å². The van der Waals surface area contributed by atoms with Crippen molar-refractivity contribution in [2.75, 3.05) is 4.90 Å². The minimum absolute atomic E-state index is 1.06. The van der Waals surface area contributed by atoms with Crippen LogP contribution in [0.2, 0.25) is 0 Å². The fourth-order valence-corrected chi connectivity index (χ4v) is 10.7. The van der Waals surface area contributed by atoms with E-state index in [0.717, 1.165) is 39.6 Å². The minimum atomic E-state index is 1.06. The van der Waals surface area contributed by atoms with E-state index in [1.165, 1.54) is 77.0 Å². The summed E-state index contributed by atoms with van der Waals surface area (Å²) in [6, 6.07) is 99.1. The molecule has 0 fully saturated rings. The molecule has 0 aliphatic rings. The Morgan fingerprint density at radius 1 is 0.246 bits per heavy atom. The lowest BCUT2D eigenvalue weighted by molar-refractivity contribution is 1.15. The van der Waals surface area contributed by atoms with Gasteiger partial charge in [-0.1, -0.05) is 206 Å². The molecule has 0 aliphatic heterocycles. The zero-order valence-electron chi connectivity index (χ0n) is 37.8. The Hall–Kier alpha value is -9.18. The van der Waals surface area contributed by atoms with Crippen molar-refractivity contribution < 1.29 is 0 Å². The van der Waals surface area contributed by atoms with Gasteiger partial charge >= 0.3 is 0 Å². The molecule has 0 unspecified atom stereocenters. The molecule has 3 nitrogen and oxygen atoms in total. The van der Waals surface area contributed by atoms with E-state index in [1.807, 2.05) is 0 Å². The number of nitrogens with zero attached hydrogens (tertiary/aromatic N) is 3. The lowest BCUT2D eigenvalue weighted by atomic mass is 9.89. The first kappa shape index (κ1) is 40.1. The Kier molecular flexibility index (Phi) is 9.84. The normalized spacial score (nSPS) is 11.5. The highest BCUT2D eigenvalue weighted by Crippen LogP contribution is 2.45. The van der Waals surface area contributed by atoms with Crippen LogP contribution < -0.4 is 4.90 Å². The molecule has 0 saturated carbocycles. The molecule has 13 rings (SSSR count). The van der Waals surface area contributed by atoms with Gasteiger partial charge in [-0.3, -0.25) is 0 Å². The van der Waals surface area contributed by atoms with Crippen molar-refractivity contribution in [2.24, 2.45) is 0 Å². The second kappa shape index (κ2) is 16.9. The van der Waals surface area contributed by atoms with Crippen LogP contribution in [0.5, 0.6) is 0 Å². The third-order valence-corrected chi connectivity index (χ3v) is 13.8. The summed E-state index contributed by atoms with van der Waals surface area (Å²) in [5.41, 5.74) is 19.7. The van der Waals surface area contributed by atoms with Crippen molar-refractivity contribution in [3.8, 4) is 55.9 Å². The van der Waals surface area contributed by atoms with Crippen molar-refractivity contribution in [3.63, 3.8) is 0 Å². The second-order valence-electron chi connectivity index (χ2n) is 17.6. The van der Waals surface area contributed by atoms with Crippen molar-refractivity contribution in [1.82, 2.24) is 9.13 Å². The predicted octanol–water partition coefficient (Wildman–Crippen LogP) is 18.0. The van der Waals surface area contributed by atoms with Crippen LogP contribution in [0.3, 0.4) is 0 Å². The zero-order valence-corrected chi connectivity index (χ0v) is 37.8. The van der Waals surface area contributed by atoms with E-state index in [4.69, 9.17) is 0 Å². The minimum Gasteiger partial charge on any atom is -0.309 e. The summed E-state index contributed by atoms with van der Waals surface area (Å²) in [6.45, 7) is 0. The van der Waals surface area contributed by atoms with E-state index >= 15 is 0 Å². The van der Waals surface area contributed by atoms with Crippen LogP contribution in [-0.4, -0.2) is 9.13 Å². The molecule has 0 bridgehead atoms. The van der Waals surface area contributed by atoms with Crippen molar-refractivity contribution in [3.05, 3.63) is 273 Å². The highest BCUT2D eigenvalue weighted by atomic mass is 15.2. The zero-order chi connectivity index (χ0) is 45.7. The Labute approximate surface area is 401 Å². The lowest BCUT2D eigenvalue weighted by Crippen LogP contribution is -2.13. The van der Waals surface area contributed by atoms with Crippen molar-refractivity contribution in [2.45, 2.75) is 0 Å². The standard InChI is InChI=1S/C66H45N3/c1-3-20-46(21-4-1)52-24-7-9-26-55(52)56-27-10-8-25-53(56)47-38-42-50(43-39-47)67(64-36-17-18-37-65(64)69-62-34-15-11-28-57(62)58-29-12-16-35-63(58)69)51-44-40-48(41-45-51)54-31-19-32-60-59-30-13-14-33-61(59)68(66(54)60)49-22-5-2-6-23-49/h1-45H. The Balaban J connectivity index is 0.977. The molecule has 0 saturated heterocycles. The second-order valence-corrected chi connectivity index (χ2v) is 17.6. The van der Waals surface area contributed by atoms with Gasteiger partial charge < -0.3 is 14.0 Å². The van der Waals surface area contributed by atoms with Gasteiger partial charge in [-0.2, -0.15) is 0 Å². The molecule has 0 aliphatic carbocycles.